The van der Waals surface area contributed by atoms with Crippen LogP contribution < -0.4 is 15.4 Å². The second kappa shape index (κ2) is 7.66. The lowest BCUT2D eigenvalue weighted by molar-refractivity contribution is 0.417. The van der Waals surface area contributed by atoms with Crippen molar-refractivity contribution in [2.75, 3.05) is 17.7 Å². The van der Waals surface area contributed by atoms with Crippen LogP contribution in [0.2, 0.25) is 0 Å². The van der Waals surface area contributed by atoms with Gasteiger partial charge in [-0.05, 0) is 42.2 Å². The summed E-state index contributed by atoms with van der Waals surface area (Å²) < 4.78 is 5.39. The van der Waals surface area contributed by atoms with Crippen LogP contribution >= 0.6 is 0 Å². The zero-order valence-electron chi connectivity index (χ0n) is 16.5. The van der Waals surface area contributed by atoms with Gasteiger partial charge in [0, 0.05) is 11.8 Å². The number of para-hydroxylation sites is 2. The molecule has 0 atom stereocenters. The van der Waals surface area contributed by atoms with E-state index in [-0.39, 0.29) is 5.41 Å². The first-order valence-electron chi connectivity index (χ1n) is 8.98. The molecule has 0 unspecified atom stereocenters. The highest BCUT2D eigenvalue weighted by Crippen LogP contribution is 2.28. The number of nitrogens with one attached hydrogen (secondary N) is 2. The number of benzene rings is 2. The average molecular weight is 362 g/mol. The second-order valence-corrected chi connectivity index (χ2v) is 7.46. The SMILES string of the molecule is COc1ccccc1Nc1cc(Nc2ccc(C(C)(C)C)cc2)nc(C)n1. The Morgan fingerprint density at radius 3 is 2.11 bits per heavy atom. The third-order valence-electron chi connectivity index (χ3n) is 4.23. The highest BCUT2D eigenvalue weighted by Gasteiger charge is 2.13. The minimum Gasteiger partial charge on any atom is -0.495 e. The van der Waals surface area contributed by atoms with Crippen LogP contribution in [0.25, 0.3) is 0 Å². The summed E-state index contributed by atoms with van der Waals surface area (Å²) in [5.74, 6) is 2.90. The van der Waals surface area contributed by atoms with Gasteiger partial charge in [-0.1, -0.05) is 45.0 Å². The summed E-state index contributed by atoms with van der Waals surface area (Å²) in [7, 11) is 1.65. The number of methoxy groups -OCH3 is 1. The number of aromatic nitrogens is 2. The molecule has 1 aromatic heterocycles. The molecule has 3 rings (SSSR count). The third kappa shape index (κ3) is 4.76. The summed E-state index contributed by atoms with van der Waals surface area (Å²) in [6.45, 7) is 8.50. The van der Waals surface area contributed by atoms with E-state index in [1.165, 1.54) is 5.56 Å². The van der Waals surface area contributed by atoms with Gasteiger partial charge in [0.25, 0.3) is 0 Å². The van der Waals surface area contributed by atoms with Gasteiger partial charge >= 0.3 is 0 Å². The van der Waals surface area contributed by atoms with Gasteiger partial charge in [-0.3, -0.25) is 0 Å². The molecular weight excluding hydrogens is 336 g/mol. The normalized spacial score (nSPS) is 11.1. The lowest BCUT2D eigenvalue weighted by Gasteiger charge is -2.19. The topological polar surface area (TPSA) is 59.1 Å². The van der Waals surface area contributed by atoms with E-state index in [1.54, 1.807) is 7.11 Å². The van der Waals surface area contributed by atoms with Crippen molar-refractivity contribution >= 4 is 23.0 Å². The molecule has 27 heavy (non-hydrogen) atoms. The Balaban J connectivity index is 1.81. The summed E-state index contributed by atoms with van der Waals surface area (Å²) in [6, 6.07) is 18.1. The van der Waals surface area contributed by atoms with E-state index in [9.17, 15) is 0 Å². The van der Waals surface area contributed by atoms with E-state index >= 15 is 0 Å². The molecule has 0 aliphatic carbocycles. The van der Waals surface area contributed by atoms with Gasteiger partial charge in [0.1, 0.15) is 23.2 Å². The van der Waals surface area contributed by atoms with Crippen molar-refractivity contribution in [2.45, 2.75) is 33.1 Å². The molecule has 0 spiro atoms. The fraction of sp³-hybridized carbons (Fsp3) is 0.273. The number of aryl methyl sites for hydroxylation is 1. The van der Waals surface area contributed by atoms with Crippen molar-refractivity contribution in [1.82, 2.24) is 9.97 Å². The number of nitrogens with zero attached hydrogens (tertiary/aromatic N) is 2. The molecule has 0 fully saturated rings. The number of anilines is 4. The Hall–Kier alpha value is -3.08. The summed E-state index contributed by atoms with van der Waals surface area (Å²) in [5, 5.41) is 6.66. The largest absolute Gasteiger partial charge is 0.495 e. The van der Waals surface area contributed by atoms with E-state index in [0.29, 0.717) is 11.6 Å². The van der Waals surface area contributed by atoms with Gasteiger partial charge in [-0.25, -0.2) is 9.97 Å². The molecule has 0 saturated heterocycles. The standard InChI is InChI=1S/C22H26N4O/c1-15-23-20(25-17-12-10-16(11-13-17)22(2,3)4)14-21(24-15)26-18-8-6-7-9-19(18)27-5/h6-14H,1-5H3,(H2,23,24,25,26). The van der Waals surface area contributed by atoms with Crippen LogP contribution in [0.5, 0.6) is 5.75 Å². The average Bonchev–Trinajstić information content (AvgIpc) is 2.61. The predicted molar refractivity (Wildman–Crippen MR) is 111 cm³/mol. The van der Waals surface area contributed by atoms with Crippen molar-refractivity contribution in [2.24, 2.45) is 0 Å². The van der Waals surface area contributed by atoms with Crippen LogP contribution in [-0.2, 0) is 5.41 Å². The Morgan fingerprint density at radius 1 is 0.852 bits per heavy atom. The zero-order chi connectivity index (χ0) is 19.4. The van der Waals surface area contributed by atoms with E-state index in [2.05, 4.69) is 65.6 Å². The fourth-order valence-electron chi connectivity index (χ4n) is 2.78. The molecule has 0 aliphatic rings. The van der Waals surface area contributed by atoms with Crippen LogP contribution in [-0.4, -0.2) is 17.1 Å². The quantitative estimate of drug-likeness (QED) is 0.620. The fourth-order valence-corrected chi connectivity index (χ4v) is 2.78. The molecule has 140 valence electrons. The number of hydrogen-bond acceptors (Lipinski definition) is 5. The van der Waals surface area contributed by atoms with Crippen LogP contribution in [0.15, 0.2) is 54.6 Å². The Labute approximate surface area is 160 Å². The summed E-state index contributed by atoms with van der Waals surface area (Å²) in [5.41, 5.74) is 3.28. The number of hydrogen-bond donors (Lipinski definition) is 2. The molecule has 0 amide bonds. The van der Waals surface area contributed by atoms with Crippen LogP contribution in [0.1, 0.15) is 32.2 Å². The molecule has 0 aliphatic heterocycles. The Bertz CT molecular complexity index is 914. The first-order valence-corrected chi connectivity index (χ1v) is 8.98. The molecule has 0 bridgehead atoms. The molecular formula is C22H26N4O. The van der Waals surface area contributed by atoms with Gasteiger partial charge in [-0.2, -0.15) is 0 Å². The summed E-state index contributed by atoms with van der Waals surface area (Å²) in [4.78, 5) is 8.97. The van der Waals surface area contributed by atoms with Gasteiger partial charge in [0.15, 0.2) is 0 Å². The molecule has 1 heterocycles. The van der Waals surface area contributed by atoms with Crippen LogP contribution in [0.4, 0.5) is 23.0 Å². The molecule has 0 radical (unpaired) electrons. The molecule has 2 N–H and O–H groups in total. The van der Waals surface area contributed by atoms with E-state index in [0.717, 1.165) is 22.9 Å². The number of ether oxygens (including phenoxy) is 1. The molecule has 3 aromatic rings. The first kappa shape index (κ1) is 18.7. The zero-order valence-corrected chi connectivity index (χ0v) is 16.5. The van der Waals surface area contributed by atoms with E-state index < -0.39 is 0 Å². The van der Waals surface area contributed by atoms with Gasteiger partial charge < -0.3 is 15.4 Å². The van der Waals surface area contributed by atoms with E-state index in [1.807, 2.05) is 37.3 Å². The van der Waals surface area contributed by atoms with Gasteiger partial charge in [-0.15, -0.1) is 0 Å². The number of rotatable bonds is 5. The second-order valence-electron chi connectivity index (χ2n) is 7.46. The lowest BCUT2D eigenvalue weighted by atomic mass is 9.87. The van der Waals surface area contributed by atoms with E-state index in [4.69, 9.17) is 4.74 Å². The van der Waals surface area contributed by atoms with Crippen molar-refractivity contribution in [3.05, 3.63) is 66.0 Å². The highest BCUT2D eigenvalue weighted by atomic mass is 16.5. The molecule has 0 saturated carbocycles. The minimum atomic E-state index is 0.135. The van der Waals surface area contributed by atoms with Gasteiger partial charge in [0.2, 0.25) is 0 Å². The lowest BCUT2D eigenvalue weighted by Crippen LogP contribution is -2.10. The Kier molecular flexibility index (Phi) is 5.31. The molecule has 5 nitrogen and oxygen atoms in total. The van der Waals surface area contributed by atoms with Crippen molar-refractivity contribution < 1.29 is 4.74 Å². The highest BCUT2D eigenvalue weighted by molar-refractivity contribution is 5.67. The van der Waals surface area contributed by atoms with Gasteiger partial charge in [0.05, 0.1) is 12.8 Å². The molecule has 5 heteroatoms. The Morgan fingerprint density at radius 2 is 1.48 bits per heavy atom. The maximum absolute atomic E-state index is 5.39. The monoisotopic (exact) mass is 362 g/mol. The maximum Gasteiger partial charge on any atom is 0.142 e. The summed E-state index contributed by atoms with van der Waals surface area (Å²) >= 11 is 0. The first-order chi connectivity index (χ1) is 12.8. The van der Waals surface area contributed by atoms with Crippen LogP contribution in [0, 0.1) is 6.92 Å². The predicted octanol–water partition coefficient (Wildman–Crippen LogP) is 5.58. The van der Waals surface area contributed by atoms with Crippen molar-refractivity contribution in [1.29, 1.82) is 0 Å². The van der Waals surface area contributed by atoms with Crippen molar-refractivity contribution in [3.8, 4) is 5.75 Å². The third-order valence-corrected chi connectivity index (χ3v) is 4.23. The van der Waals surface area contributed by atoms with Crippen molar-refractivity contribution in [3.63, 3.8) is 0 Å². The minimum absolute atomic E-state index is 0.135. The van der Waals surface area contributed by atoms with Crippen LogP contribution in [0.3, 0.4) is 0 Å². The smallest absolute Gasteiger partial charge is 0.142 e. The molecule has 2 aromatic carbocycles. The summed E-state index contributed by atoms with van der Waals surface area (Å²) in [6.07, 6.45) is 0. The maximum atomic E-state index is 5.39.